The van der Waals surface area contributed by atoms with Crippen LogP contribution in [0.15, 0.2) is 39.1 Å². The number of nitrogens with one attached hydrogen (secondary N) is 2. The summed E-state index contributed by atoms with van der Waals surface area (Å²) in [6.45, 7) is 7.96. The van der Waals surface area contributed by atoms with Crippen LogP contribution in [0.5, 0.6) is 5.75 Å². The lowest BCUT2D eigenvalue weighted by Gasteiger charge is -2.16. The summed E-state index contributed by atoms with van der Waals surface area (Å²) < 4.78 is 11.8. The van der Waals surface area contributed by atoms with Crippen molar-refractivity contribution < 1.29 is 9.15 Å². The third kappa shape index (κ3) is 5.20. The van der Waals surface area contributed by atoms with Gasteiger partial charge in [-0.25, -0.2) is 9.98 Å². The van der Waals surface area contributed by atoms with Crippen molar-refractivity contribution >= 4 is 33.4 Å². The Hall–Kier alpha value is -2.74. The Morgan fingerprint density at radius 1 is 1.34 bits per heavy atom. The van der Waals surface area contributed by atoms with Gasteiger partial charge in [-0.2, -0.15) is 0 Å². The van der Waals surface area contributed by atoms with Crippen molar-refractivity contribution in [2.75, 3.05) is 32.1 Å². The van der Waals surface area contributed by atoms with Crippen LogP contribution >= 0.6 is 11.3 Å². The van der Waals surface area contributed by atoms with Crippen LogP contribution in [0.4, 0.5) is 5.13 Å². The zero-order valence-electron chi connectivity index (χ0n) is 17.7. The molecule has 1 atom stereocenters. The number of nitrogens with zero attached hydrogens (tertiary/aromatic N) is 3. The van der Waals surface area contributed by atoms with Crippen molar-refractivity contribution in [2.45, 2.75) is 33.4 Å². The fourth-order valence-electron chi connectivity index (χ4n) is 2.87. The molecule has 0 saturated heterocycles. The van der Waals surface area contributed by atoms with Crippen LogP contribution in [0.2, 0.25) is 0 Å². The molecule has 0 saturated carbocycles. The van der Waals surface area contributed by atoms with Gasteiger partial charge in [0.1, 0.15) is 5.76 Å². The molecule has 1 aromatic carbocycles. The zero-order valence-corrected chi connectivity index (χ0v) is 18.5. The molecule has 0 fully saturated rings. The van der Waals surface area contributed by atoms with Crippen molar-refractivity contribution in [1.82, 2.24) is 15.6 Å². The van der Waals surface area contributed by atoms with Crippen molar-refractivity contribution in [2.24, 2.45) is 4.99 Å². The highest BCUT2D eigenvalue weighted by Crippen LogP contribution is 2.31. The first kappa shape index (κ1) is 21.0. The number of thiazole rings is 1. The Labute approximate surface area is 175 Å². The number of anilines is 1. The molecule has 0 aliphatic carbocycles. The van der Waals surface area contributed by atoms with Crippen molar-refractivity contribution in [3.8, 4) is 5.75 Å². The van der Waals surface area contributed by atoms with Gasteiger partial charge in [0, 0.05) is 31.4 Å². The third-order valence-electron chi connectivity index (χ3n) is 4.27. The lowest BCUT2D eigenvalue weighted by Crippen LogP contribution is -2.38. The van der Waals surface area contributed by atoms with E-state index in [1.807, 2.05) is 62.5 Å². The van der Waals surface area contributed by atoms with Gasteiger partial charge in [0.2, 0.25) is 0 Å². The summed E-state index contributed by atoms with van der Waals surface area (Å²) in [5.41, 5.74) is 1.73. The molecule has 3 rings (SSSR count). The second-order valence-electron chi connectivity index (χ2n) is 6.83. The molecule has 8 heteroatoms. The SMILES string of the molecule is CCNC(=NCc1csc(N(C)C)n1)NC(C)c1cc2cccc(OCC)c2o1. The van der Waals surface area contributed by atoms with Crippen LogP contribution < -0.4 is 20.3 Å². The largest absolute Gasteiger partial charge is 0.490 e. The number of aromatic nitrogens is 1. The smallest absolute Gasteiger partial charge is 0.192 e. The molecule has 0 amide bonds. The number of aliphatic imine (C=N–C) groups is 1. The number of hydrogen-bond donors (Lipinski definition) is 2. The van der Waals surface area contributed by atoms with E-state index in [-0.39, 0.29) is 6.04 Å². The van der Waals surface area contributed by atoms with Gasteiger partial charge in [-0.15, -0.1) is 11.3 Å². The molecule has 2 heterocycles. The van der Waals surface area contributed by atoms with Crippen LogP contribution in [0, 0.1) is 0 Å². The molecular formula is C21H29N5O2S. The van der Waals surface area contributed by atoms with E-state index in [2.05, 4.69) is 27.5 Å². The fraction of sp³-hybridized carbons (Fsp3) is 0.429. The minimum atomic E-state index is -0.0533. The van der Waals surface area contributed by atoms with Gasteiger partial charge in [0.15, 0.2) is 22.4 Å². The molecule has 0 radical (unpaired) electrons. The normalized spacial score (nSPS) is 12.8. The van der Waals surface area contributed by atoms with Crippen LogP contribution in [0.25, 0.3) is 11.0 Å². The molecule has 0 bridgehead atoms. The lowest BCUT2D eigenvalue weighted by atomic mass is 10.2. The van der Waals surface area contributed by atoms with Crippen molar-refractivity contribution in [3.63, 3.8) is 0 Å². The van der Waals surface area contributed by atoms with E-state index in [9.17, 15) is 0 Å². The Morgan fingerprint density at radius 2 is 2.17 bits per heavy atom. The summed E-state index contributed by atoms with van der Waals surface area (Å²) in [6.07, 6.45) is 0. The predicted molar refractivity (Wildman–Crippen MR) is 120 cm³/mol. The van der Waals surface area contributed by atoms with Gasteiger partial charge in [-0.1, -0.05) is 12.1 Å². The molecule has 7 nitrogen and oxygen atoms in total. The first-order valence-electron chi connectivity index (χ1n) is 9.83. The zero-order chi connectivity index (χ0) is 20.8. The summed E-state index contributed by atoms with van der Waals surface area (Å²) in [7, 11) is 3.98. The molecule has 0 aliphatic heterocycles. The van der Waals surface area contributed by atoms with E-state index in [0.29, 0.717) is 13.2 Å². The molecule has 0 spiro atoms. The van der Waals surface area contributed by atoms with E-state index < -0.39 is 0 Å². The standard InChI is InChI=1S/C21H29N5O2S/c1-6-22-20(23-12-16-13-29-21(25-16)26(4)5)24-14(3)18-11-15-9-8-10-17(27-7-2)19(15)28-18/h8-11,13-14H,6-7,12H2,1-5H3,(H2,22,23,24). The molecular weight excluding hydrogens is 386 g/mol. The predicted octanol–water partition coefficient (Wildman–Crippen LogP) is 4.17. The van der Waals surface area contributed by atoms with E-state index in [4.69, 9.17) is 9.15 Å². The van der Waals surface area contributed by atoms with Crippen molar-refractivity contribution in [1.29, 1.82) is 0 Å². The number of furan rings is 1. The van der Waals surface area contributed by atoms with Crippen molar-refractivity contribution in [3.05, 3.63) is 41.1 Å². The number of benzene rings is 1. The third-order valence-corrected chi connectivity index (χ3v) is 5.33. The molecule has 1 unspecified atom stereocenters. The average molecular weight is 416 g/mol. The first-order chi connectivity index (χ1) is 14.0. The topological polar surface area (TPSA) is 74.9 Å². The van der Waals surface area contributed by atoms with Crippen LogP contribution in [0.3, 0.4) is 0 Å². The minimum absolute atomic E-state index is 0.0533. The van der Waals surface area contributed by atoms with Crippen LogP contribution in [-0.4, -0.2) is 38.2 Å². The molecule has 156 valence electrons. The van der Waals surface area contributed by atoms with Gasteiger partial charge in [-0.3, -0.25) is 0 Å². The Bertz CT molecular complexity index is 963. The number of fused-ring (bicyclic) bond motifs is 1. The quantitative estimate of drug-likeness (QED) is 0.425. The number of para-hydroxylation sites is 1. The van der Waals surface area contributed by atoms with Crippen LogP contribution in [0.1, 0.15) is 38.3 Å². The van der Waals surface area contributed by atoms with Gasteiger partial charge in [-0.05, 0) is 32.9 Å². The fourth-order valence-corrected chi connectivity index (χ4v) is 3.62. The van der Waals surface area contributed by atoms with Gasteiger partial charge in [0.05, 0.1) is 24.9 Å². The minimum Gasteiger partial charge on any atom is -0.490 e. The Kier molecular flexibility index (Phi) is 6.98. The molecule has 2 aromatic heterocycles. The summed E-state index contributed by atoms with van der Waals surface area (Å²) >= 11 is 1.62. The maximum Gasteiger partial charge on any atom is 0.192 e. The lowest BCUT2D eigenvalue weighted by molar-refractivity contribution is 0.336. The summed E-state index contributed by atoms with van der Waals surface area (Å²) in [5, 5.41) is 10.8. The maximum absolute atomic E-state index is 6.10. The number of rotatable bonds is 8. The maximum atomic E-state index is 6.10. The van der Waals surface area contributed by atoms with E-state index >= 15 is 0 Å². The second kappa shape index (κ2) is 9.65. The summed E-state index contributed by atoms with van der Waals surface area (Å²) in [6, 6.07) is 7.93. The average Bonchev–Trinajstić information content (AvgIpc) is 3.34. The van der Waals surface area contributed by atoms with Gasteiger partial charge in [0.25, 0.3) is 0 Å². The van der Waals surface area contributed by atoms with E-state index in [1.54, 1.807) is 11.3 Å². The van der Waals surface area contributed by atoms with Gasteiger partial charge < -0.3 is 24.7 Å². The molecule has 29 heavy (non-hydrogen) atoms. The first-order valence-corrected chi connectivity index (χ1v) is 10.7. The van der Waals surface area contributed by atoms with Crippen LogP contribution in [-0.2, 0) is 6.54 Å². The Balaban J connectivity index is 1.74. The Morgan fingerprint density at radius 3 is 2.86 bits per heavy atom. The van der Waals surface area contributed by atoms with Gasteiger partial charge >= 0.3 is 0 Å². The highest BCUT2D eigenvalue weighted by molar-refractivity contribution is 7.13. The molecule has 0 aliphatic rings. The van der Waals surface area contributed by atoms with E-state index in [0.717, 1.165) is 45.8 Å². The number of guanidine groups is 1. The van der Waals surface area contributed by atoms with E-state index in [1.165, 1.54) is 0 Å². The number of ether oxygens (including phenoxy) is 1. The summed E-state index contributed by atoms with van der Waals surface area (Å²) in [4.78, 5) is 11.3. The highest BCUT2D eigenvalue weighted by Gasteiger charge is 2.15. The monoisotopic (exact) mass is 415 g/mol. The summed E-state index contributed by atoms with van der Waals surface area (Å²) in [5.74, 6) is 2.33. The molecule has 2 N–H and O–H groups in total. The highest BCUT2D eigenvalue weighted by atomic mass is 32.1. The molecule has 3 aromatic rings. The number of hydrogen-bond acceptors (Lipinski definition) is 6. The second-order valence-corrected chi connectivity index (χ2v) is 7.67.